The molecule has 1 nitrogen and oxygen atoms in total. The second-order valence-electron chi connectivity index (χ2n) is 1.87. The fourth-order valence-corrected chi connectivity index (χ4v) is 1.23. The Balaban J connectivity index is 4.19. The van der Waals surface area contributed by atoms with E-state index in [1.54, 1.807) is 0 Å². The van der Waals surface area contributed by atoms with Crippen molar-refractivity contribution in [1.82, 2.24) is 0 Å². The molecule has 0 spiro atoms. The third-order valence-corrected chi connectivity index (χ3v) is 3.44. The van der Waals surface area contributed by atoms with Crippen molar-refractivity contribution in [3.63, 3.8) is 0 Å². The summed E-state index contributed by atoms with van der Waals surface area (Å²) in [6.45, 7) is 0. The van der Waals surface area contributed by atoms with Gasteiger partial charge in [-0.1, -0.05) is 0 Å². The van der Waals surface area contributed by atoms with Gasteiger partial charge in [-0.25, -0.2) is 0 Å². The second kappa shape index (κ2) is 6.00. The van der Waals surface area contributed by atoms with Gasteiger partial charge in [-0.05, 0) is 0 Å². The van der Waals surface area contributed by atoms with Crippen molar-refractivity contribution in [1.29, 1.82) is 0 Å². The van der Waals surface area contributed by atoms with E-state index in [0.717, 1.165) is 0 Å². The van der Waals surface area contributed by atoms with Crippen LogP contribution in [-0.4, -0.2) is 26.2 Å². The first-order chi connectivity index (χ1) is 5.37. The molecule has 0 saturated heterocycles. The minimum absolute atomic E-state index is 0.580. The first-order valence-electron chi connectivity index (χ1n) is 2.76. The average Bonchev–Trinajstić information content (AvgIpc) is 2.00. The maximum absolute atomic E-state index is 11.1. The zero-order chi connectivity index (χ0) is 9.89. The molecule has 0 heterocycles. The summed E-state index contributed by atoms with van der Waals surface area (Å²) in [6, 6.07) is 0. The summed E-state index contributed by atoms with van der Waals surface area (Å²) in [7, 11) is 0. The van der Waals surface area contributed by atoms with Crippen LogP contribution in [0, 0.1) is 0 Å². The van der Waals surface area contributed by atoms with E-state index in [0.29, 0.717) is 0 Å². The van der Waals surface area contributed by atoms with Gasteiger partial charge in [0.25, 0.3) is 0 Å². The van der Waals surface area contributed by atoms with Crippen molar-refractivity contribution in [3.8, 4) is 0 Å². The lowest BCUT2D eigenvalue weighted by Crippen LogP contribution is -2.32. The molecular formula is C5H4Cl6O. The fraction of sp³-hybridized carbons (Fsp3) is 0.800. The van der Waals surface area contributed by atoms with Crippen molar-refractivity contribution in [2.45, 2.75) is 20.4 Å². The highest BCUT2D eigenvalue weighted by Crippen LogP contribution is 2.23. The normalized spacial score (nSPS) is 16.7. The maximum Gasteiger partial charge on any atom is 0.173 e. The number of halogens is 6. The van der Waals surface area contributed by atoms with Crippen molar-refractivity contribution >= 4 is 75.4 Å². The molecule has 12 heavy (non-hydrogen) atoms. The van der Waals surface area contributed by atoms with Gasteiger partial charge in [-0.3, -0.25) is 4.79 Å². The quantitative estimate of drug-likeness (QED) is 0.726. The molecule has 0 bridgehead atoms. The first-order valence-corrected chi connectivity index (χ1v) is 5.38. The number of carbonyl (C=O) groups excluding carboxylic acids is 1. The lowest BCUT2D eigenvalue weighted by Gasteiger charge is -2.13. The molecule has 0 aromatic heterocycles. The molecule has 2 unspecified atom stereocenters. The largest absolute Gasteiger partial charge is 0.296 e. The Morgan fingerprint density at radius 2 is 1.00 bits per heavy atom. The predicted octanol–water partition coefficient (Wildman–Crippen LogP) is 3.38. The topological polar surface area (TPSA) is 17.1 Å². The number of rotatable bonds is 4. The van der Waals surface area contributed by atoms with E-state index in [-0.39, 0.29) is 0 Å². The van der Waals surface area contributed by atoms with Crippen LogP contribution in [0.1, 0.15) is 0 Å². The van der Waals surface area contributed by atoms with E-state index < -0.39 is 26.2 Å². The minimum Gasteiger partial charge on any atom is -0.296 e. The lowest BCUT2D eigenvalue weighted by atomic mass is 10.2. The van der Waals surface area contributed by atoms with E-state index in [1.165, 1.54) is 0 Å². The molecule has 0 aliphatic carbocycles. The monoisotopic (exact) mass is 290 g/mol. The average molecular weight is 293 g/mol. The number of hydrogen-bond acceptors (Lipinski definition) is 1. The summed E-state index contributed by atoms with van der Waals surface area (Å²) in [6.07, 6.45) is 0. The molecule has 2 atom stereocenters. The molecule has 0 amide bonds. The summed E-state index contributed by atoms with van der Waals surface area (Å²) in [4.78, 5) is 9.08. The van der Waals surface area contributed by atoms with Crippen LogP contribution in [0.25, 0.3) is 0 Å². The Labute approximate surface area is 100 Å². The van der Waals surface area contributed by atoms with Crippen LogP contribution in [0.3, 0.4) is 0 Å². The van der Waals surface area contributed by atoms with E-state index in [1.807, 2.05) is 0 Å². The summed E-state index contributed by atoms with van der Waals surface area (Å²) >= 11 is 32.3. The molecule has 7 heteroatoms. The van der Waals surface area contributed by atoms with Crippen LogP contribution in [0.15, 0.2) is 0 Å². The van der Waals surface area contributed by atoms with Crippen molar-refractivity contribution < 1.29 is 4.79 Å². The highest BCUT2D eigenvalue weighted by molar-refractivity contribution is 6.56. The molecular weight excluding hydrogens is 289 g/mol. The second-order valence-corrected chi connectivity index (χ2v) is 5.14. The van der Waals surface area contributed by atoms with E-state index in [9.17, 15) is 4.79 Å². The Hall–Kier alpha value is 1.41. The highest BCUT2D eigenvalue weighted by Gasteiger charge is 2.31. The number of Topliss-reactive ketones (excluding diaryl/α,β-unsaturated/α-hetero) is 1. The molecule has 0 fully saturated rings. The summed E-state index contributed by atoms with van der Waals surface area (Å²) in [5.41, 5.74) is 0. The molecule has 0 aliphatic rings. The van der Waals surface area contributed by atoms with Crippen LogP contribution in [0.5, 0.6) is 0 Å². The van der Waals surface area contributed by atoms with Gasteiger partial charge in [0.1, 0.15) is 20.4 Å². The zero-order valence-corrected chi connectivity index (χ0v) is 10.0. The minimum atomic E-state index is -1.09. The summed E-state index contributed by atoms with van der Waals surface area (Å²) in [5.74, 6) is -0.580. The molecule has 72 valence electrons. The van der Waals surface area contributed by atoms with Gasteiger partial charge in [0.15, 0.2) is 5.78 Å². The van der Waals surface area contributed by atoms with Crippen LogP contribution in [0.2, 0.25) is 0 Å². The Bertz CT molecular complexity index is 142. The summed E-state index contributed by atoms with van der Waals surface area (Å²) in [5, 5.41) is -2.17. The van der Waals surface area contributed by atoms with Gasteiger partial charge < -0.3 is 0 Å². The van der Waals surface area contributed by atoms with Gasteiger partial charge in [0.2, 0.25) is 0 Å². The van der Waals surface area contributed by atoms with E-state index >= 15 is 0 Å². The standard InChI is InChI=1S/C5H4Cl6O/c6-1(4(8)9)3(12)2(7)5(10)11/h1-2,4-5H. The Morgan fingerprint density at radius 3 is 1.17 bits per heavy atom. The zero-order valence-electron chi connectivity index (χ0n) is 5.49. The Kier molecular flexibility index (Phi) is 6.70. The smallest absolute Gasteiger partial charge is 0.173 e. The van der Waals surface area contributed by atoms with E-state index in [2.05, 4.69) is 0 Å². The van der Waals surface area contributed by atoms with Gasteiger partial charge in [0, 0.05) is 0 Å². The Morgan fingerprint density at radius 1 is 0.750 bits per heavy atom. The van der Waals surface area contributed by atoms with Crippen LogP contribution in [-0.2, 0) is 4.79 Å². The maximum atomic E-state index is 11.1. The number of carbonyl (C=O) groups is 1. The van der Waals surface area contributed by atoms with Gasteiger partial charge in [-0.2, -0.15) is 0 Å². The van der Waals surface area contributed by atoms with Gasteiger partial charge in [0.05, 0.1) is 0 Å². The van der Waals surface area contributed by atoms with Crippen LogP contribution >= 0.6 is 69.6 Å². The fourth-order valence-electron chi connectivity index (χ4n) is 0.400. The van der Waals surface area contributed by atoms with E-state index in [4.69, 9.17) is 69.6 Å². The third kappa shape index (κ3) is 4.08. The van der Waals surface area contributed by atoms with Gasteiger partial charge in [-0.15, -0.1) is 69.6 Å². The third-order valence-electron chi connectivity index (χ3n) is 0.986. The van der Waals surface area contributed by atoms with Crippen molar-refractivity contribution in [2.75, 3.05) is 0 Å². The molecule has 0 saturated carbocycles. The number of alkyl halides is 6. The first kappa shape index (κ1) is 13.4. The molecule has 0 radical (unpaired) electrons. The highest BCUT2D eigenvalue weighted by atomic mass is 35.5. The number of hydrogen-bond donors (Lipinski definition) is 0. The van der Waals surface area contributed by atoms with Crippen LogP contribution < -0.4 is 0 Å². The van der Waals surface area contributed by atoms with Gasteiger partial charge >= 0.3 is 0 Å². The molecule has 0 aliphatic heterocycles. The molecule has 0 aromatic rings. The number of ketones is 1. The summed E-state index contributed by atoms with van der Waals surface area (Å²) < 4.78 is 0. The van der Waals surface area contributed by atoms with Crippen molar-refractivity contribution in [2.24, 2.45) is 0 Å². The predicted molar refractivity (Wildman–Crippen MR) is 55.3 cm³/mol. The van der Waals surface area contributed by atoms with Crippen molar-refractivity contribution in [3.05, 3.63) is 0 Å². The molecule has 0 aromatic carbocycles. The van der Waals surface area contributed by atoms with Crippen LogP contribution in [0.4, 0.5) is 0 Å². The molecule has 0 rings (SSSR count). The lowest BCUT2D eigenvalue weighted by molar-refractivity contribution is -0.117. The SMILES string of the molecule is O=C(C(Cl)C(Cl)Cl)C(Cl)C(Cl)Cl. The molecule has 0 N–H and O–H groups in total.